The van der Waals surface area contributed by atoms with Gasteiger partial charge < -0.3 is 4.74 Å². The number of likely N-dealkylation sites (N-methyl/N-ethyl adjacent to an activating group) is 2. The summed E-state index contributed by atoms with van der Waals surface area (Å²) in [5.41, 5.74) is -0.0119. The van der Waals surface area contributed by atoms with Crippen molar-refractivity contribution in [3.8, 4) is 0 Å². The molecule has 0 aromatic carbocycles. The standard InChI is InChI=1S/C10H12N2O4/c1-11-8(13)7(6-4-3-5-16-6)9(14)12(2)10(11)15/h3-5H2,1-2H3. The first-order valence-corrected chi connectivity index (χ1v) is 5.00. The van der Waals surface area contributed by atoms with Gasteiger partial charge in [0.05, 0.1) is 6.61 Å². The fourth-order valence-electron chi connectivity index (χ4n) is 1.76. The molecular weight excluding hydrogens is 212 g/mol. The normalized spacial score (nSPS) is 22.0. The fraction of sp³-hybridized carbons (Fsp3) is 0.500. The Morgan fingerprint density at radius 2 is 1.62 bits per heavy atom. The molecule has 0 N–H and O–H groups in total. The number of hydrogen-bond acceptors (Lipinski definition) is 4. The van der Waals surface area contributed by atoms with Crippen molar-refractivity contribution >= 4 is 17.8 Å². The summed E-state index contributed by atoms with van der Waals surface area (Å²) in [6.45, 7) is 0.515. The lowest BCUT2D eigenvalue weighted by Crippen LogP contribution is -2.53. The number of imide groups is 2. The first-order valence-electron chi connectivity index (χ1n) is 5.00. The monoisotopic (exact) mass is 224 g/mol. The van der Waals surface area contributed by atoms with E-state index in [9.17, 15) is 14.4 Å². The number of carbonyl (C=O) groups is 3. The Kier molecular flexibility index (Phi) is 2.41. The van der Waals surface area contributed by atoms with Crippen LogP contribution in [0.4, 0.5) is 4.79 Å². The summed E-state index contributed by atoms with van der Waals surface area (Å²) in [6.07, 6.45) is 1.36. The molecule has 0 saturated carbocycles. The quantitative estimate of drug-likeness (QED) is 0.432. The third-order valence-electron chi connectivity index (χ3n) is 2.71. The predicted octanol–water partition coefficient (Wildman–Crippen LogP) is 0.101. The van der Waals surface area contributed by atoms with Crippen molar-refractivity contribution in [3.63, 3.8) is 0 Å². The molecule has 4 amide bonds. The summed E-state index contributed by atoms with van der Waals surface area (Å²) >= 11 is 0. The lowest BCUT2D eigenvalue weighted by atomic mass is 10.1. The number of rotatable bonds is 0. The van der Waals surface area contributed by atoms with E-state index in [0.29, 0.717) is 18.8 Å². The third kappa shape index (κ3) is 1.37. The van der Waals surface area contributed by atoms with Crippen LogP contribution in [0.25, 0.3) is 0 Å². The van der Waals surface area contributed by atoms with Crippen LogP contribution in [-0.4, -0.2) is 48.3 Å². The molecule has 0 atom stereocenters. The van der Waals surface area contributed by atoms with Crippen molar-refractivity contribution < 1.29 is 19.1 Å². The summed E-state index contributed by atoms with van der Waals surface area (Å²) in [6, 6.07) is -0.614. The van der Waals surface area contributed by atoms with Crippen LogP contribution in [0.1, 0.15) is 12.8 Å². The number of hydrogen-bond donors (Lipinski definition) is 0. The zero-order chi connectivity index (χ0) is 11.9. The van der Waals surface area contributed by atoms with Crippen LogP contribution in [0.5, 0.6) is 0 Å². The van der Waals surface area contributed by atoms with E-state index in [1.165, 1.54) is 14.1 Å². The molecule has 0 unspecified atom stereocenters. The van der Waals surface area contributed by atoms with Gasteiger partial charge in [0.1, 0.15) is 11.3 Å². The van der Waals surface area contributed by atoms with Gasteiger partial charge in [-0.3, -0.25) is 19.4 Å². The Hall–Kier alpha value is -1.85. The predicted molar refractivity (Wildman–Crippen MR) is 53.1 cm³/mol. The molecule has 86 valence electrons. The minimum absolute atomic E-state index is 0.0119. The SMILES string of the molecule is CN1C(=O)C(=C2CCCO2)C(=O)N(C)C1=O. The summed E-state index contributed by atoms with van der Waals surface area (Å²) in [5, 5.41) is 0. The Balaban J connectivity index is 2.45. The number of urea groups is 1. The van der Waals surface area contributed by atoms with Gasteiger partial charge >= 0.3 is 6.03 Å². The molecule has 0 spiro atoms. The average Bonchev–Trinajstić information content (AvgIpc) is 2.77. The second kappa shape index (κ2) is 3.62. The molecule has 2 rings (SSSR count). The molecule has 0 bridgehead atoms. The maximum absolute atomic E-state index is 11.8. The van der Waals surface area contributed by atoms with Crippen LogP contribution >= 0.6 is 0 Å². The fourth-order valence-corrected chi connectivity index (χ4v) is 1.76. The van der Waals surface area contributed by atoms with Crippen LogP contribution in [0, 0.1) is 0 Å². The van der Waals surface area contributed by atoms with Gasteiger partial charge in [-0.25, -0.2) is 4.79 Å². The van der Waals surface area contributed by atoms with Gasteiger partial charge in [-0.2, -0.15) is 0 Å². The minimum atomic E-state index is -0.614. The van der Waals surface area contributed by atoms with E-state index in [2.05, 4.69) is 0 Å². The third-order valence-corrected chi connectivity index (χ3v) is 2.71. The largest absolute Gasteiger partial charge is 0.497 e. The number of carbonyl (C=O) groups excluding carboxylic acids is 3. The van der Waals surface area contributed by atoms with Crippen molar-refractivity contribution in [1.29, 1.82) is 0 Å². The van der Waals surface area contributed by atoms with Crippen LogP contribution in [0.2, 0.25) is 0 Å². The average molecular weight is 224 g/mol. The highest BCUT2D eigenvalue weighted by atomic mass is 16.5. The van der Waals surface area contributed by atoms with E-state index >= 15 is 0 Å². The van der Waals surface area contributed by atoms with E-state index in [4.69, 9.17) is 4.74 Å². The summed E-state index contributed by atoms with van der Waals surface area (Å²) < 4.78 is 5.24. The Morgan fingerprint density at radius 3 is 2.06 bits per heavy atom. The number of barbiturate groups is 1. The van der Waals surface area contributed by atoms with Gasteiger partial charge in [0.2, 0.25) is 0 Å². The Morgan fingerprint density at radius 1 is 1.06 bits per heavy atom. The molecule has 0 radical (unpaired) electrons. The van der Waals surface area contributed by atoms with Gasteiger partial charge in [0, 0.05) is 20.5 Å². The maximum atomic E-state index is 11.8. The number of ether oxygens (including phenoxy) is 1. The maximum Gasteiger partial charge on any atom is 0.333 e. The van der Waals surface area contributed by atoms with Crippen LogP contribution in [0.15, 0.2) is 11.3 Å². The van der Waals surface area contributed by atoms with E-state index in [0.717, 1.165) is 16.2 Å². The van der Waals surface area contributed by atoms with Gasteiger partial charge in [0.15, 0.2) is 0 Å². The van der Waals surface area contributed by atoms with Gasteiger partial charge in [-0.05, 0) is 6.42 Å². The van der Waals surface area contributed by atoms with Crippen LogP contribution in [0.3, 0.4) is 0 Å². The van der Waals surface area contributed by atoms with E-state index < -0.39 is 17.8 Å². The van der Waals surface area contributed by atoms with Crippen molar-refractivity contribution in [1.82, 2.24) is 9.80 Å². The molecule has 2 fully saturated rings. The molecule has 2 saturated heterocycles. The first kappa shape index (κ1) is 10.7. The first-order chi connectivity index (χ1) is 7.54. The summed E-state index contributed by atoms with van der Waals surface area (Å²) in [5.74, 6) is -0.754. The number of amides is 4. The molecule has 2 aliphatic rings. The van der Waals surface area contributed by atoms with Crippen molar-refractivity contribution in [2.24, 2.45) is 0 Å². The van der Waals surface area contributed by atoms with Gasteiger partial charge in [-0.1, -0.05) is 0 Å². The zero-order valence-corrected chi connectivity index (χ0v) is 9.15. The lowest BCUT2D eigenvalue weighted by molar-refractivity contribution is -0.134. The molecule has 0 aromatic rings. The summed E-state index contributed by atoms with van der Waals surface area (Å²) in [4.78, 5) is 36.9. The van der Waals surface area contributed by atoms with Crippen LogP contribution < -0.4 is 0 Å². The Labute approximate surface area is 92.4 Å². The highest BCUT2D eigenvalue weighted by molar-refractivity contribution is 6.28. The molecule has 6 nitrogen and oxygen atoms in total. The lowest BCUT2D eigenvalue weighted by Gasteiger charge is -2.29. The second-order valence-corrected chi connectivity index (χ2v) is 3.76. The van der Waals surface area contributed by atoms with Gasteiger partial charge in [-0.15, -0.1) is 0 Å². The molecule has 0 aliphatic carbocycles. The van der Waals surface area contributed by atoms with E-state index in [1.807, 2.05) is 0 Å². The van der Waals surface area contributed by atoms with Crippen molar-refractivity contribution in [2.75, 3.05) is 20.7 Å². The molecule has 16 heavy (non-hydrogen) atoms. The van der Waals surface area contributed by atoms with Gasteiger partial charge in [0.25, 0.3) is 11.8 Å². The highest BCUT2D eigenvalue weighted by Crippen LogP contribution is 2.25. The molecule has 2 aliphatic heterocycles. The van der Waals surface area contributed by atoms with Crippen molar-refractivity contribution in [2.45, 2.75) is 12.8 Å². The Bertz CT molecular complexity index is 379. The molecular formula is C10H12N2O4. The minimum Gasteiger partial charge on any atom is -0.497 e. The number of allylic oxidation sites excluding steroid dienone is 1. The van der Waals surface area contributed by atoms with Crippen molar-refractivity contribution in [3.05, 3.63) is 11.3 Å². The zero-order valence-electron chi connectivity index (χ0n) is 9.15. The highest BCUT2D eigenvalue weighted by Gasteiger charge is 2.41. The second-order valence-electron chi connectivity index (χ2n) is 3.76. The van der Waals surface area contributed by atoms with E-state index in [-0.39, 0.29) is 5.57 Å². The van der Waals surface area contributed by atoms with Crippen LogP contribution in [-0.2, 0) is 14.3 Å². The topological polar surface area (TPSA) is 66.9 Å². The smallest absolute Gasteiger partial charge is 0.333 e. The number of nitrogens with zero attached hydrogens (tertiary/aromatic N) is 2. The van der Waals surface area contributed by atoms with E-state index in [1.54, 1.807) is 0 Å². The molecule has 2 heterocycles. The summed E-state index contributed by atoms with van der Waals surface area (Å²) in [7, 11) is 2.70. The molecule has 0 aromatic heterocycles. The molecule has 6 heteroatoms.